The van der Waals surface area contributed by atoms with E-state index in [1.54, 1.807) is 6.07 Å². The van der Waals surface area contributed by atoms with Crippen molar-refractivity contribution in [1.82, 2.24) is 5.32 Å². The molecule has 0 fully saturated rings. The molecule has 0 unspecified atom stereocenters. The van der Waals surface area contributed by atoms with E-state index in [9.17, 15) is 9.59 Å². The number of amides is 1. The molecule has 1 heterocycles. The van der Waals surface area contributed by atoms with Crippen LogP contribution in [0.3, 0.4) is 0 Å². The van der Waals surface area contributed by atoms with E-state index in [1.165, 1.54) is 13.1 Å². The Hall–Kier alpha value is -2.79. The molecule has 0 saturated carbocycles. The maximum absolute atomic E-state index is 12.4. The van der Waals surface area contributed by atoms with Crippen molar-refractivity contribution in [1.29, 1.82) is 0 Å². The van der Waals surface area contributed by atoms with Gasteiger partial charge in [0.15, 0.2) is 5.75 Å². The van der Waals surface area contributed by atoms with Crippen LogP contribution in [-0.2, 0) is 6.42 Å². The van der Waals surface area contributed by atoms with Crippen LogP contribution < -0.4 is 15.7 Å². The predicted octanol–water partition coefficient (Wildman–Crippen LogP) is 4.06. The number of carbonyl (C=O) groups is 1. The zero-order valence-electron chi connectivity index (χ0n) is 13.8. The molecule has 0 atom stereocenters. The lowest BCUT2D eigenvalue weighted by molar-refractivity contribution is 0.203. The van der Waals surface area contributed by atoms with Crippen molar-refractivity contribution in [2.45, 2.75) is 13.3 Å². The SMILES string of the molecule is CNC(=O)Oc1cc2oc(=O)c(Cc3ccccc3)c(C)c2cc1Cl. The van der Waals surface area contributed by atoms with Crippen LogP contribution in [0.4, 0.5) is 4.79 Å². The second kappa shape index (κ2) is 6.99. The number of carbonyl (C=O) groups excluding carboxylic acids is 1. The number of hydrogen-bond acceptors (Lipinski definition) is 4. The van der Waals surface area contributed by atoms with Crippen LogP contribution in [0.25, 0.3) is 11.0 Å². The van der Waals surface area contributed by atoms with Crippen LogP contribution in [0.2, 0.25) is 5.02 Å². The first-order valence-electron chi connectivity index (χ1n) is 7.69. The van der Waals surface area contributed by atoms with Crippen molar-refractivity contribution >= 4 is 28.7 Å². The van der Waals surface area contributed by atoms with E-state index < -0.39 is 11.7 Å². The first-order chi connectivity index (χ1) is 12.0. The van der Waals surface area contributed by atoms with E-state index >= 15 is 0 Å². The Kier molecular flexibility index (Phi) is 4.76. The number of aryl methyl sites for hydroxylation is 1. The average Bonchev–Trinajstić information content (AvgIpc) is 2.61. The van der Waals surface area contributed by atoms with Crippen LogP contribution in [-0.4, -0.2) is 13.1 Å². The number of fused-ring (bicyclic) bond motifs is 1. The largest absolute Gasteiger partial charge is 0.422 e. The number of nitrogens with one attached hydrogen (secondary N) is 1. The van der Waals surface area contributed by atoms with Crippen LogP contribution >= 0.6 is 11.6 Å². The first-order valence-corrected chi connectivity index (χ1v) is 8.06. The molecular weight excluding hydrogens is 342 g/mol. The Morgan fingerprint density at radius 2 is 1.96 bits per heavy atom. The third-order valence-electron chi connectivity index (χ3n) is 3.97. The molecule has 1 N–H and O–H groups in total. The Bertz CT molecular complexity index is 996. The highest BCUT2D eigenvalue weighted by atomic mass is 35.5. The Morgan fingerprint density at radius 1 is 1.24 bits per heavy atom. The maximum Gasteiger partial charge on any atom is 0.412 e. The van der Waals surface area contributed by atoms with Crippen molar-refractivity contribution in [3.8, 4) is 5.75 Å². The first kappa shape index (κ1) is 17.0. The number of halogens is 1. The molecule has 128 valence electrons. The van der Waals surface area contributed by atoms with Gasteiger partial charge in [0.05, 0.1) is 5.02 Å². The highest BCUT2D eigenvalue weighted by molar-refractivity contribution is 6.33. The third kappa shape index (κ3) is 3.51. The number of ether oxygens (including phenoxy) is 1. The van der Waals surface area contributed by atoms with Gasteiger partial charge in [-0.1, -0.05) is 41.9 Å². The van der Waals surface area contributed by atoms with Crippen LogP contribution in [0.5, 0.6) is 5.75 Å². The number of rotatable bonds is 3. The summed E-state index contributed by atoms with van der Waals surface area (Å²) in [5.74, 6) is 0.131. The molecule has 0 spiro atoms. The molecule has 0 aliphatic heterocycles. The molecule has 2 aromatic carbocycles. The van der Waals surface area contributed by atoms with Gasteiger partial charge in [-0.25, -0.2) is 9.59 Å². The van der Waals surface area contributed by atoms with Gasteiger partial charge >= 0.3 is 11.7 Å². The molecule has 3 aromatic rings. The lowest BCUT2D eigenvalue weighted by Crippen LogP contribution is -2.22. The maximum atomic E-state index is 12.4. The van der Waals surface area contributed by atoms with E-state index in [1.807, 2.05) is 37.3 Å². The van der Waals surface area contributed by atoms with Gasteiger partial charge in [-0.3, -0.25) is 0 Å². The Labute approximate surface area is 149 Å². The average molecular weight is 358 g/mol. The highest BCUT2D eigenvalue weighted by Gasteiger charge is 2.16. The van der Waals surface area contributed by atoms with E-state index in [0.29, 0.717) is 23.0 Å². The van der Waals surface area contributed by atoms with Gasteiger partial charge in [0.2, 0.25) is 0 Å². The number of benzene rings is 2. The van der Waals surface area contributed by atoms with Crippen molar-refractivity contribution in [2.75, 3.05) is 7.05 Å². The summed E-state index contributed by atoms with van der Waals surface area (Å²) in [4.78, 5) is 23.8. The molecule has 3 rings (SSSR count). The van der Waals surface area contributed by atoms with Crippen LogP contribution in [0, 0.1) is 6.92 Å². The quantitative estimate of drug-likeness (QED) is 0.717. The van der Waals surface area contributed by atoms with Gasteiger partial charge in [0, 0.05) is 30.5 Å². The van der Waals surface area contributed by atoms with E-state index in [-0.39, 0.29) is 10.8 Å². The summed E-state index contributed by atoms with van der Waals surface area (Å²) in [6.45, 7) is 1.85. The standard InChI is InChI=1S/C19H16ClNO4/c1-11-13-9-15(20)17(25-19(23)21-2)10-16(13)24-18(22)14(11)8-12-6-4-3-5-7-12/h3-7,9-10H,8H2,1-2H3,(H,21,23). The van der Waals surface area contributed by atoms with E-state index in [2.05, 4.69) is 5.32 Å². The Balaban J connectivity index is 2.09. The smallest absolute Gasteiger partial charge is 0.412 e. The lowest BCUT2D eigenvalue weighted by Gasteiger charge is -2.11. The fraction of sp³-hybridized carbons (Fsp3) is 0.158. The fourth-order valence-electron chi connectivity index (χ4n) is 2.62. The molecule has 0 radical (unpaired) electrons. The normalized spacial score (nSPS) is 10.7. The second-order valence-electron chi connectivity index (χ2n) is 5.57. The summed E-state index contributed by atoms with van der Waals surface area (Å²) in [5.41, 5.74) is 2.30. The summed E-state index contributed by atoms with van der Waals surface area (Å²) >= 11 is 6.20. The lowest BCUT2D eigenvalue weighted by atomic mass is 9.99. The number of hydrogen-bond donors (Lipinski definition) is 1. The summed E-state index contributed by atoms with van der Waals surface area (Å²) in [7, 11) is 1.44. The molecule has 1 aromatic heterocycles. The second-order valence-corrected chi connectivity index (χ2v) is 5.98. The summed E-state index contributed by atoms with van der Waals surface area (Å²) in [6, 6.07) is 12.8. The minimum absolute atomic E-state index is 0.131. The van der Waals surface area contributed by atoms with Gasteiger partial charge in [-0.15, -0.1) is 0 Å². The van der Waals surface area contributed by atoms with Gasteiger partial charge < -0.3 is 14.5 Å². The van der Waals surface area contributed by atoms with Crippen LogP contribution in [0.15, 0.2) is 51.7 Å². The van der Waals surface area contributed by atoms with Gasteiger partial charge in [-0.2, -0.15) is 0 Å². The molecule has 1 amide bonds. The van der Waals surface area contributed by atoms with Gasteiger partial charge in [0.1, 0.15) is 5.58 Å². The third-order valence-corrected chi connectivity index (χ3v) is 4.27. The van der Waals surface area contributed by atoms with Gasteiger partial charge in [-0.05, 0) is 24.1 Å². The zero-order valence-corrected chi connectivity index (χ0v) is 14.5. The van der Waals surface area contributed by atoms with Crippen molar-refractivity contribution in [2.24, 2.45) is 0 Å². The zero-order chi connectivity index (χ0) is 18.0. The Morgan fingerprint density at radius 3 is 2.64 bits per heavy atom. The molecule has 0 saturated heterocycles. The van der Waals surface area contributed by atoms with Crippen molar-refractivity contribution in [3.63, 3.8) is 0 Å². The summed E-state index contributed by atoms with van der Waals surface area (Å²) in [6.07, 6.45) is -0.181. The minimum atomic E-state index is -0.652. The van der Waals surface area contributed by atoms with E-state index in [0.717, 1.165) is 11.1 Å². The van der Waals surface area contributed by atoms with Crippen LogP contribution in [0.1, 0.15) is 16.7 Å². The molecule has 0 bridgehead atoms. The topological polar surface area (TPSA) is 68.5 Å². The molecule has 0 aliphatic rings. The predicted molar refractivity (Wildman–Crippen MR) is 96.6 cm³/mol. The molecule has 0 aliphatic carbocycles. The monoisotopic (exact) mass is 357 g/mol. The van der Waals surface area contributed by atoms with Crippen molar-refractivity contribution in [3.05, 3.63) is 74.6 Å². The van der Waals surface area contributed by atoms with Crippen molar-refractivity contribution < 1.29 is 13.9 Å². The molecule has 25 heavy (non-hydrogen) atoms. The molecule has 6 heteroatoms. The fourth-order valence-corrected chi connectivity index (χ4v) is 2.83. The minimum Gasteiger partial charge on any atom is -0.422 e. The summed E-state index contributed by atoms with van der Waals surface area (Å²) < 4.78 is 10.5. The highest BCUT2D eigenvalue weighted by Crippen LogP contribution is 2.32. The van der Waals surface area contributed by atoms with Gasteiger partial charge in [0.25, 0.3) is 0 Å². The molecular formula is C19H16ClNO4. The summed E-state index contributed by atoms with van der Waals surface area (Å²) in [5, 5.41) is 3.31. The molecule has 5 nitrogen and oxygen atoms in total. The van der Waals surface area contributed by atoms with E-state index in [4.69, 9.17) is 20.8 Å².